The first-order valence-electron chi connectivity index (χ1n) is 6.33. The van der Waals surface area contributed by atoms with Crippen molar-refractivity contribution in [3.05, 3.63) is 42.7 Å². The molecule has 0 spiro atoms. The largest absolute Gasteiger partial charge is 0.300 e. The van der Waals surface area contributed by atoms with Crippen LogP contribution in [0.2, 0.25) is 0 Å². The highest BCUT2D eigenvalue weighted by Crippen LogP contribution is 2.07. The molecule has 0 atom stereocenters. The van der Waals surface area contributed by atoms with Gasteiger partial charge in [-0.3, -0.25) is 9.88 Å². The van der Waals surface area contributed by atoms with Crippen molar-refractivity contribution >= 4 is 0 Å². The van der Waals surface area contributed by atoms with E-state index in [0.717, 1.165) is 19.5 Å². The molecule has 1 aliphatic rings. The van der Waals surface area contributed by atoms with Crippen LogP contribution in [0.4, 0.5) is 0 Å². The fourth-order valence-electron chi connectivity index (χ4n) is 2.19. The Hall–Kier alpha value is -1.19. The molecule has 1 saturated heterocycles. The van der Waals surface area contributed by atoms with E-state index in [1.807, 2.05) is 18.5 Å². The van der Waals surface area contributed by atoms with Crippen molar-refractivity contribution in [1.82, 2.24) is 14.8 Å². The van der Waals surface area contributed by atoms with Gasteiger partial charge in [0.1, 0.15) is 0 Å². The molecule has 2 rings (SSSR count). The van der Waals surface area contributed by atoms with Crippen LogP contribution in [0, 0.1) is 0 Å². The molecule has 1 aromatic rings. The normalized spacial score (nSPS) is 18.1. The van der Waals surface area contributed by atoms with Crippen LogP contribution in [0.15, 0.2) is 37.2 Å². The molecule has 1 fully saturated rings. The van der Waals surface area contributed by atoms with Crippen LogP contribution in [0.25, 0.3) is 0 Å². The number of aromatic nitrogens is 1. The third kappa shape index (κ3) is 3.95. The molecular formula is C14H21N3. The maximum Gasteiger partial charge on any atom is 0.0271 e. The molecule has 0 amide bonds. The van der Waals surface area contributed by atoms with Crippen molar-refractivity contribution in [2.75, 3.05) is 32.7 Å². The van der Waals surface area contributed by atoms with Crippen LogP contribution in [0.1, 0.15) is 12.0 Å². The summed E-state index contributed by atoms with van der Waals surface area (Å²) in [6.07, 6.45) is 6.85. The molecule has 92 valence electrons. The Bertz CT molecular complexity index is 329. The van der Waals surface area contributed by atoms with Crippen LogP contribution in [0.5, 0.6) is 0 Å². The van der Waals surface area contributed by atoms with Gasteiger partial charge in [0.15, 0.2) is 0 Å². The Morgan fingerprint density at radius 3 is 2.41 bits per heavy atom. The molecule has 2 heterocycles. The van der Waals surface area contributed by atoms with Gasteiger partial charge in [0.25, 0.3) is 0 Å². The molecule has 0 aliphatic carbocycles. The van der Waals surface area contributed by atoms with Crippen LogP contribution in [0.3, 0.4) is 0 Å². The minimum Gasteiger partial charge on any atom is -0.300 e. The van der Waals surface area contributed by atoms with Gasteiger partial charge in [0, 0.05) is 51.7 Å². The van der Waals surface area contributed by atoms with Crippen LogP contribution in [-0.2, 0) is 6.54 Å². The maximum absolute atomic E-state index is 4.05. The predicted octanol–water partition coefficient (Wildman–Crippen LogP) is 1.78. The highest BCUT2D eigenvalue weighted by atomic mass is 15.3. The van der Waals surface area contributed by atoms with Gasteiger partial charge in [-0.2, -0.15) is 0 Å². The average Bonchev–Trinajstić information content (AvgIpc) is 2.39. The molecule has 0 aromatic carbocycles. The van der Waals surface area contributed by atoms with Crippen molar-refractivity contribution in [3.63, 3.8) is 0 Å². The summed E-state index contributed by atoms with van der Waals surface area (Å²) in [6.45, 7) is 10.7. The summed E-state index contributed by atoms with van der Waals surface area (Å²) in [5.41, 5.74) is 1.36. The van der Waals surface area contributed by atoms with Crippen LogP contribution in [-0.4, -0.2) is 47.5 Å². The molecule has 0 saturated carbocycles. The van der Waals surface area contributed by atoms with Crippen molar-refractivity contribution < 1.29 is 0 Å². The zero-order valence-corrected chi connectivity index (χ0v) is 10.4. The molecular weight excluding hydrogens is 210 g/mol. The van der Waals surface area contributed by atoms with E-state index < -0.39 is 0 Å². The first kappa shape index (κ1) is 12.3. The molecule has 0 N–H and O–H groups in total. The number of piperazine rings is 1. The zero-order valence-electron chi connectivity index (χ0n) is 10.4. The van der Waals surface area contributed by atoms with Gasteiger partial charge in [0.05, 0.1) is 0 Å². The summed E-state index contributed by atoms with van der Waals surface area (Å²) in [7, 11) is 0. The molecule has 17 heavy (non-hydrogen) atoms. The second kappa shape index (κ2) is 6.52. The quantitative estimate of drug-likeness (QED) is 0.720. The van der Waals surface area contributed by atoms with Crippen molar-refractivity contribution in [2.45, 2.75) is 13.0 Å². The third-order valence-corrected chi connectivity index (χ3v) is 3.27. The topological polar surface area (TPSA) is 19.4 Å². The lowest BCUT2D eigenvalue weighted by molar-refractivity contribution is 0.129. The summed E-state index contributed by atoms with van der Waals surface area (Å²) in [6, 6.07) is 4.20. The zero-order chi connectivity index (χ0) is 11.9. The number of pyridine rings is 1. The van der Waals surface area contributed by atoms with E-state index in [2.05, 4.69) is 33.5 Å². The summed E-state index contributed by atoms with van der Waals surface area (Å²) in [5.74, 6) is 0. The third-order valence-electron chi connectivity index (χ3n) is 3.27. The molecule has 1 aliphatic heterocycles. The van der Waals surface area contributed by atoms with E-state index in [1.165, 1.54) is 31.7 Å². The van der Waals surface area contributed by atoms with Gasteiger partial charge in [0.2, 0.25) is 0 Å². The summed E-state index contributed by atoms with van der Waals surface area (Å²) in [5, 5.41) is 0. The smallest absolute Gasteiger partial charge is 0.0271 e. The number of hydrogen-bond acceptors (Lipinski definition) is 3. The lowest BCUT2D eigenvalue weighted by Crippen LogP contribution is -2.45. The van der Waals surface area contributed by atoms with Gasteiger partial charge in [-0.1, -0.05) is 6.08 Å². The second-order valence-corrected chi connectivity index (χ2v) is 4.55. The van der Waals surface area contributed by atoms with E-state index in [1.54, 1.807) is 0 Å². The Balaban J connectivity index is 1.74. The van der Waals surface area contributed by atoms with Crippen molar-refractivity contribution in [1.29, 1.82) is 0 Å². The summed E-state index contributed by atoms with van der Waals surface area (Å²) in [4.78, 5) is 9.08. The van der Waals surface area contributed by atoms with Crippen molar-refractivity contribution in [2.24, 2.45) is 0 Å². The van der Waals surface area contributed by atoms with Gasteiger partial charge < -0.3 is 4.90 Å². The monoisotopic (exact) mass is 231 g/mol. The lowest BCUT2D eigenvalue weighted by Gasteiger charge is -2.34. The maximum atomic E-state index is 4.05. The number of nitrogens with zero attached hydrogens (tertiary/aromatic N) is 3. The van der Waals surface area contributed by atoms with Gasteiger partial charge in [-0.25, -0.2) is 0 Å². The Morgan fingerprint density at radius 2 is 1.76 bits per heavy atom. The number of hydrogen-bond donors (Lipinski definition) is 0. The van der Waals surface area contributed by atoms with Crippen molar-refractivity contribution in [3.8, 4) is 0 Å². The van der Waals surface area contributed by atoms with Crippen LogP contribution < -0.4 is 0 Å². The fraction of sp³-hybridized carbons (Fsp3) is 0.500. The van der Waals surface area contributed by atoms with E-state index in [4.69, 9.17) is 0 Å². The highest BCUT2D eigenvalue weighted by molar-refractivity contribution is 5.09. The lowest BCUT2D eigenvalue weighted by atomic mass is 10.2. The fourth-order valence-corrected chi connectivity index (χ4v) is 2.19. The number of rotatable bonds is 5. The molecule has 3 nitrogen and oxygen atoms in total. The SMILES string of the molecule is C=CCCN1CCN(Cc2ccncc2)CC1. The predicted molar refractivity (Wildman–Crippen MR) is 70.8 cm³/mol. The second-order valence-electron chi connectivity index (χ2n) is 4.55. The van der Waals surface area contributed by atoms with Crippen LogP contribution >= 0.6 is 0 Å². The molecule has 0 unspecified atom stereocenters. The minimum atomic E-state index is 1.05. The average molecular weight is 231 g/mol. The molecule has 3 heteroatoms. The Morgan fingerprint density at radius 1 is 1.12 bits per heavy atom. The van der Waals surface area contributed by atoms with Gasteiger partial charge >= 0.3 is 0 Å². The summed E-state index contributed by atoms with van der Waals surface area (Å²) < 4.78 is 0. The standard InChI is InChI=1S/C14H21N3/c1-2-3-8-16-9-11-17(12-10-16)13-14-4-6-15-7-5-14/h2,4-7H,1,3,8-13H2. The molecule has 0 radical (unpaired) electrons. The van der Waals surface area contributed by atoms with Gasteiger partial charge in [-0.05, 0) is 24.1 Å². The molecule has 1 aromatic heterocycles. The first-order valence-corrected chi connectivity index (χ1v) is 6.33. The van der Waals surface area contributed by atoms with E-state index in [0.29, 0.717) is 0 Å². The van der Waals surface area contributed by atoms with E-state index >= 15 is 0 Å². The highest BCUT2D eigenvalue weighted by Gasteiger charge is 2.15. The first-order chi connectivity index (χ1) is 8.38. The van der Waals surface area contributed by atoms with E-state index in [9.17, 15) is 0 Å². The Labute approximate surface area is 104 Å². The van der Waals surface area contributed by atoms with E-state index in [-0.39, 0.29) is 0 Å². The summed E-state index contributed by atoms with van der Waals surface area (Å²) >= 11 is 0. The van der Waals surface area contributed by atoms with Gasteiger partial charge in [-0.15, -0.1) is 6.58 Å². The Kier molecular flexibility index (Phi) is 4.71. The molecule has 0 bridgehead atoms. The minimum absolute atomic E-state index is 1.05.